The minimum atomic E-state index is -4.17. The van der Waals surface area contributed by atoms with E-state index in [1.807, 2.05) is 18.2 Å². The molecule has 3 saturated heterocycles. The number of nitrogens with one attached hydrogen (secondary N) is 2. The summed E-state index contributed by atoms with van der Waals surface area (Å²) < 4.78 is 67.0. The number of halogens is 6. The summed E-state index contributed by atoms with van der Waals surface area (Å²) in [7, 11) is 0. The van der Waals surface area contributed by atoms with Gasteiger partial charge in [0, 0.05) is 82.0 Å². The molecule has 0 aromatic heterocycles. The van der Waals surface area contributed by atoms with E-state index in [4.69, 9.17) is 9.47 Å². The van der Waals surface area contributed by atoms with Gasteiger partial charge in [-0.25, -0.2) is 4.39 Å². The molecule has 2 aromatic rings. The van der Waals surface area contributed by atoms with E-state index in [0.29, 0.717) is 55.8 Å². The van der Waals surface area contributed by atoms with Crippen molar-refractivity contribution in [1.82, 2.24) is 15.5 Å². The van der Waals surface area contributed by atoms with Crippen molar-refractivity contribution in [3.8, 4) is 11.5 Å². The minimum Gasteiger partial charge on any atom is -0.490 e. The second-order valence-electron chi connectivity index (χ2n) is 12.6. The summed E-state index contributed by atoms with van der Waals surface area (Å²) in [6.07, 6.45) is -1.18. The van der Waals surface area contributed by atoms with Crippen molar-refractivity contribution < 1.29 is 31.8 Å². The summed E-state index contributed by atoms with van der Waals surface area (Å²) in [4.78, 5) is 17.6. The number of hydrogen-bond acceptors (Lipinski definition) is 6. The Morgan fingerprint density at radius 3 is 2.15 bits per heavy atom. The second-order valence-corrected chi connectivity index (χ2v) is 12.6. The zero-order valence-electron chi connectivity index (χ0n) is 25.8. The summed E-state index contributed by atoms with van der Waals surface area (Å²) in [5.41, 5.74) is 2.18. The Bertz CT molecular complexity index is 1290. The molecule has 6 rings (SSSR count). The number of piperidine rings is 1. The van der Waals surface area contributed by atoms with Crippen LogP contribution in [0, 0.1) is 11.7 Å². The molecule has 1 aliphatic carbocycles. The van der Waals surface area contributed by atoms with E-state index in [1.54, 1.807) is 11.0 Å². The van der Waals surface area contributed by atoms with E-state index in [2.05, 4.69) is 15.5 Å². The molecule has 0 radical (unpaired) electrons. The molecule has 0 spiro atoms. The number of carbonyl (C=O) groups is 1. The molecule has 0 unspecified atom stereocenters. The van der Waals surface area contributed by atoms with Crippen LogP contribution in [0.3, 0.4) is 0 Å². The summed E-state index contributed by atoms with van der Waals surface area (Å²) in [6, 6.07) is 10.3. The minimum absolute atomic E-state index is 0. The van der Waals surface area contributed by atoms with Gasteiger partial charge in [-0.15, -0.1) is 24.8 Å². The SMILES string of the molecule is Cl.Cl.O=C(c1ccc(O[C@H]2CCNC2)c(C2CCC(C(F)(F)F)CC2)c1)N1CCC(Oc2cc(F)cc(N3CCNCC3)c2)CC1. The van der Waals surface area contributed by atoms with Crippen LogP contribution in [0.2, 0.25) is 0 Å². The van der Waals surface area contributed by atoms with Crippen LogP contribution in [-0.2, 0) is 0 Å². The standard InChI is InChI=1S/C33H42F4N4O3.2ClH/c34-25-18-26(40-15-11-38-12-16-40)20-29(19-25)43-27-8-13-41(14-9-27)32(42)23-3-6-31(44-28-7-10-39-21-28)30(17-23)22-1-4-24(5-2-22)33(35,36)37;;/h3,6,17-20,22,24,27-28,38-39H,1-2,4-5,7-16,21H2;2*1H/t22?,24?,28-;;/m0../s1. The van der Waals surface area contributed by atoms with Crippen molar-refractivity contribution >= 4 is 36.4 Å². The summed E-state index contributed by atoms with van der Waals surface area (Å²) in [6.45, 7) is 5.92. The normalized spacial score (nSPS) is 24.1. The number of piperazine rings is 1. The van der Waals surface area contributed by atoms with Gasteiger partial charge in [0.05, 0.1) is 5.92 Å². The van der Waals surface area contributed by atoms with E-state index >= 15 is 0 Å². The summed E-state index contributed by atoms with van der Waals surface area (Å²) in [5, 5.41) is 6.58. The van der Waals surface area contributed by atoms with Crippen molar-refractivity contribution in [3.05, 3.63) is 53.3 Å². The van der Waals surface area contributed by atoms with Crippen LogP contribution < -0.4 is 25.0 Å². The van der Waals surface area contributed by atoms with Crippen molar-refractivity contribution in [3.63, 3.8) is 0 Å². The maximum absolute atomic E-state index is 14.4. The molecule has 2 N–H and O–H groups in total. The Balaban J connectivity index is 0.00000240. The topological polar surface area (TPSA) is 66.1 Å². The molecule has 7 nitrogen and oxygen atoms in total. The van der Waals surface area contributed by atoms with Crippen LogP contribution in [0.5, 0.6) is 11.5 Å². The van der Waals surface area contributed by atoms with Gasteiger partial charge in [-0.3, -0.25) is 4.79 Å². The highest BCUT2D eigenvalue weighted by molar-refractivity contribution is 5.94. The van der Waals surface area contributed by atoms with E-state index in [9.17, 15) is 22.4 Å². The lowest BCUT2D eigenvalue weighted by Crippen LogP contribution is -2.43. The quantitative estimate of drug-likeness (QED) is 0.331. The number of benzene rings is 2. The molecular weight excluding hydrogens is 647 g/mol. The predicted molar refractivity (Wildman–Crippen MR) is 175 cm³/mol. The number of nitrogens with zero attached hydrogens (tertiary/aromatic N) is 2. The lowest BCUT2D eigenvalue weighted by Gasteiger charge is -2.34. The van der Waals surface area contributed by atoms with Gasteiger partial charge in [-0.2, -0.15) is 13.2 Å². The molecular formula is C33H44Cl2F4N4O3. The first-order valence-corrected chi connectivity index (χ1v) is 16.0. The van der Waals surface area contributed by atoms with Gasteiger partial charge < -0.3 is 29.9 Å². The zero-order chi connectivity index (χ0) is 30.7. The molecule has 46 heavy (non-hydrogen) atoms. The highest BCUT2D eigenvalue weighted by Gasteiger charge is 2.42. The molecule has 4 aliphatic rings. The maximum atomic E-state index is 14.4. The van der Waals surface area contributed by atoms with Gasteiger partial charge >= 0.3 is 6.18 Å². The largest absolute Gasteiger partial charge is 0.490 e. The van der Waals surface area contributed by atoms with E-state index < -0.39 is 12.1 Å². The van der Waals surface area contributed by atoms with Crippen molar-refractivity contribution in [2.45, 2.75) is 69.2 Å². The first-order valence-electron chi connectivity index (χ1n) is 16.0. The molecule has 1 amide bonds. The maximum Gasteiger partial charge on any atom is 0.391 e. The van der Waals surface area contributed by atoms with Gasteiger partial charge in [-0.05, 0) is 74.4 Å². The Morgan fingerprint density at radius 1 is 0.783 bits per heavy atom. The number of alkyl halides is 3. The number of hydrogen-bond donors (Lipinski definition) is 2. The number of anilines is 1. The van der Waals surface area contributed by atoms with Crippen LogP contribution in [0.25, 0.3) is 0 Å². The third-order valence-electron chi connectivity index (χ3n) is 9.57. The molecule has 1 atom stereocenters. The molecule has 2 aromatic carbocycles. The van der Waals surface area contributed by atoms with Crippen molar-refractivity contribution in [2.24, 2.45) is 5.92 Å². The lowest BCUT2D eigenvalue weighted by atomic mass is 9.78. The number of ether oxygens (including phenoxy) is 2. The van der Waals surface area contributed by atoms with Crippen LogP contribution >= 0.6 is 24.8 Å². The smallest absolute Gasteiger partial charge is 0.391 e. The number of rotatable bonds is 7. The van der Waals surface area contributed by atoms with Gasteiger partial charge in [-0.1, -0.05) is 0 Å². The molecule has 3 aliphatic heterocycles. The average molecular weight is 692 g/mol. The molecule has 4 fully saturated rings. The third kappa shape index (κ3) is 8.90. The highest BCUT2D eigenvalue weighted by Crippen LogP contribution is 2.45. The van der Waals surface area contributed by atoms with Crippen LogP contribution in [0.4, 0.5) is 23.2 Å². The summed E-state index contributed by atoms with van der Waals surface area (Å²) in [5.74, 6) is -0.606. The van der Waals surface area contributed by atoms with E-state index in [-0.39, 0.29) is 67.5 Å². The predicted octanol–water partition coefficient (Wildman–Crippen LogP) is 6.34. The number of carbonyl (C=O) groups excluding carboxylic acids is 1. The molecule has 3 heterocycles. The van der Waals surface area contributed by atoms with Crippen LogP contribution in [0.15, 0.2) is 36.4 Å². The first kappa shape index (κ1) is 36.4. The lowest BCUT2D eigenvalue weighted by molar-refractivity contribution is -0.182. The molecule has 1 saturated carbocycles. The van der Waals surface area contributed by atoms with Gasteiger partial charge in [0.2, 0.25) is 0 Å². The number of amides is 1. The monoisotopic (exact) mass is 690 g/mol. The van der Waals surface area contributed by atoms with Crippen molar-refractivity contribution in [1.29, 1.82) is 0 Å². The fourth-order valence-electron chi connectivity index (χ4n) is 7.02. The first-order chi connectivity index (χ1) is 21.2. The Kier molecular flexibility index (Phi) is 12.7. The molecule has 0 bridgehead atoms. The van der Waals surface area contributed by atoms with Crippen LogP contribution in [-0.4, -0.2) is 81.5 Å². The fourth-order valence-corrected chi connectivity index (χ4v) is 7.02. The zero-order valence-corrected chi connectivity index (χ0v) is 27.5. The average Bonchev–Trinajstić information content (AvgIpc) is 3.54. The highest BCUT2D eigenvalue weighted by atomic mass is 35.5. The summed E-state index contributed by atoms with van der Waals surface area (Å²) >= 11 is 0. The van der Waals surface area contributed by atoms with Gasteiger partial charge in [0.1, 0.15) is 29.5 Å². The van der Waals surface area contributed by atoms with Crippen molar-refractivity contribution in [2.75, 3.05) is 57.3 Å². The number of likely N-dealkylation sites (tertiary alicyclic amines) is 1. The third-order valence-corrected chi connectivity index (χ3v) is 9.57. The van der Waals surface area contributed by atoms with E-state index in [0.717, 1.165) is 56.9 Å². The molecule has 256 valence electrons. The fraction of sp³-hybridized carbons (Fsp3) is 0.606. The Morgan fingerprint density at radius 2 is 1.50 bits per heavy atom. The second kappa shape index (κ2) is 16.1. The van der Waals surface area contributed by atoms with Gasteiger partial charge in [0.15, 0.2) is 0 Å². The Labute approximate surface area is 280 Å². The van der Waals surface area contributed by atoms with E-state index in [1.165, 1.54) is 12.1 Å². The van der Waals surface area contributed by atoms with Crippen LogP contribution in [0.1, 0.15) is 66.8 Å². The Hall–Kier alpha value is -2.47. The molecule has 13 heteroatoms. The van der Waals surface area contributed by atoms with Gasteiger partial charge in [0.25, 0.3) is 5.91 Å².